The van der Waals surface area contributed by atoms with Gasteiger partial charge in [-0.25, -0.2) is 0 Å². The summed E-state index contributed by atoms with van der Waals surface area (Å²) in [5.41, 5.74) is 0. The highest BCUT2D eigenvalue weighted by atomic mass is 16.7. The Hall–Kier alpha value is -0.830. The first kappa shape index (κ1) is 23.2. The summed E-state index contributed by atoms with van der Waals surface area (Å²) >= 11 is 0. The van der Waals surface area contributed by atoms with Crippen molar-refractivity contribution in [3.05, 3.63) is 12.7 Å². The predicted octanol–water partition coefficient (Wildman–Crippen LogP) is 6.19. The van der Waals surface area contributed by atoms with Crippen LogP contribution in [0.5, 0.6) is 0 Å². The largest absolute Gasteiger partial charge is 0.662 e. The Morgan fingerprint density at radius 2 is 1.12 bits per heavy atom. The standard InChI is InChI=1S/C21H42NO2/c1-5-9-12-15-18-22(24-21(23)8-4,19-16-13-10-6-2)20-17-14-11-7-3/h8H,4-7,9-20H2,1-3H3/q+2. The lowest BCUT2D eigenvalue weighted by atomic mass is 10.1. The summed E-state index contributed by atoms with van der Waals surface area (Å²) in [6.45, 7) is 13.2. The molecule has 1 radical (unpaired) electrons. The van der Waals surface area contributed by atoms with Gasteiger partial charge in [0.25, 0.3) is 0 Å². The number of nitrogens with zero attached hydrogens (tertiary/aromatic N) is 1. The molecule has 0 aliphatic carbocycles. The number of unbranched alkanes of at least 4 members (excludes halogenated alkanes) is 9. The zero-order chi connectivity index (χ0) is 18.1. The molecule has 3 nitrogen and oxygen atoms in total. The van der Waals surface area contributed by atoms with Crippen LogP contribution in [0.4, 0.5) is 0 Å². The summed E-state index contributed by atoms with van der Waals surface area (Å²) in [5.74, 6) is -0.267. The molecule has 0 saturated heterocycles. The SMILES string of the molecule is C=CC(=[O+])O[N+](CCCCCC)(CCCCCC)CCCCCC. The Morgan fingerprint density at radius 3 is 1.42 bits per heavy atom. The van der Waals surface area contributed by atoms with Crippen molar-refractivity contribution >= 4 is 5.97 Å². The summed E-state index contributed by atoms with van der Waals surface area (Å²) in [6, 6.07) is 0. The molecule has 0 amide bonds. The monoisotopic (exact) mass is 340 g/mol. The minimum Gasteiger partial charge on any atom is -0.0853 e. The van der Waals surface area contributed by atoms with Crippen LogP contribution in [-0.4, -0.2) is 30.2 Å². The number of carbonyl (C=O) groups is 1. The van der Waals surface area contributed by atoms with E-state index in [9.17, 15) is 4.79 Å². The topological polar surface area (TPSA) is 29.1 Å². The van der Waals surface area contributed by atoms with E-state index in [2.05, 4.69) is 27.4 Å². The molecule has 0 aliphatic heterocycles. The first-order chi connectivity index (χ1) is 11.6. The van der Waals surface area contributed by atoms with E-state index in [0.717, 1.165) is 38.9 Å². The Kier molecular flexibility index (Phi) is 15.1. The van der Waals surface area contributed by atoms with Gasteiger partial charge in [0.1, 0.15) is 19.6 Å². The van der Waals surface area contributed by atoms with Crippen LogP contribution in [-0.2, 0) is 9.63 Å². The first-order valence-electron chi connectivity index (χ1n) is 10.4. The molecule has 0 saturated carbocycles. The molecule has 0 aromatic heterocycles. The van der Waals surface area contributed by atoms with Crippen molar-refractivity contribution in [3.8, 4) is 0 Å². The molecule has 0 heterocycles. The lowest BCUT2D eigenvalue weighted by Gasteiger charge is -2.28. The second kappa shape index (κ2) is 15.7. The molecule has 0 N–H and O–H groups in total. The van der Waals surface area contributed by atoms with E-state index < -0.39 is 0 Å². The molecule has 141 valence electrons. The van der Waals surface area contributed by atoms with Crippen LogP contribution in [0.1, 0.15) is 97.8 Å². The van der Waals surface area contributed by atoms with Gasteiger partial charge in [0.2, 0.25) is 0 Å². The molecule has 3 heteroatoms. The maximum Gasteiger partial charge on any atom is 0.662 e. The average molecular weight is 341 g/mol. The second-order valence-corrected chi connectivity index (χ2v) is 7.03. The number of quaternary nitrogens is 1. The van der Waals surface area contributed by atoms with Gasteiger partial charge in [-0.2, -0.15) is 0 Å². The van der Waals surface area contributed by atoms with Crippen LogP contribution < -0.4 is 0 Å². The minimum atomic E-state index is -0.267. The minimum absolute atomic E-state index is 0.267. The maximum atomic E-state index is 11.9. The Labute approximate surface area is 151 Å². The van der Waals surface area contributed by atoms with Crippen LogP contribution in [0.3, 0.4) is 0 Å². The molecule has 0 rings (SSSR count). The van der Waals surface area contributed by atoms with Crippen LogP contribution >= 0.6 is 0 Å². The zero-order valence-corrected chi connectivity index (χ0v) is 16.7. The lowest BCUT2D eigenvalue weighted by molar-refractivity contribution is -1.09. The van der Waals surface area contributed by atoms with E-state index in [1.807, 2.05) is 0 Å². The van der Waals surface area contributed by atoms with Crippen molar-refractivity contribution in [2.24, 2.45) is 0 Å². The number of carbonyl (C=O) groups excluding carboxylic acids is 1. The molecule has 0 aromatic rings. The summed E-state index contributed by atoms with van der Waals surface area (Å²) in [4.78, 5) is 17.8. The third-order valence-corrected chi connectivity index (χ3v) is 4.71. The fourth-order valence-corrected chi connectivity index (χ4v) is 3.18. The third-order valence-electron chi connectivity index (χ3n) is 4.71. The normalized spacial score (nSPS) is 11.5. The van der Waals surface area contributed by atoms with Crippen LogP contribution in [0.2, 0.25) is 0 Å². The number of rotatable bonds is 17. The van der Waals surface area contributed by atoms with Crippen LogP contribution in [0.15, 0.2) is 12.7 Å². The second-order valence-electron chi connectivity index (χ2n) is 7.03. The number of hydrogen-bond donors (Lipinski definition) is 0. The zero-order valence-electron chi connectivity index (χ0n) is 16.7. The third kappa shape index (κ3) is 11.7. The fraction of sp³-hybridized carbons (Fsp3) is 0.857. The van der Waals surface area contributed by atoms with E-state index >= 15 is 0 Å². The molecule has 0 fully saturated rings. The van der Waals surface area contributed by atoms with Gasteiger partial charge in [0.15, 0.2) is 0 Å². The van der Waals surface area contributed by atoms with Gasteiger partial charge in [-0.3, -0.25) is 0 Å². The molecule has 0 aliphatic rings. The van der Waals surface area contributed by atoms with Crippen molar-refractivity contribution in [1.82, 2.24) is 0 Å². The molecule has 0 bridgehead atoms. The first-order valence-corrected chi connectivity index (χ1v) is 10.4. The van der Waals surface area contributed by atoms with E-state index in [0.29, 0.717) is 4.65 Å². The maximum absolute atomic E-state index is 11.9. The quantitative estimate of drug-likeness (QED) is 0.104. The van der Waals surface area contributed by atoms with E-state index in [-0.39, 0.29) is 5.97 Å². The summed E-state index contributed by atoms with van der Waals surface area (Å²) in [6.07, 6.45) is 15.9. The highest BCUT2D eigenvalue weighted by Crippen LogP contribution is 2.18. The van der Waals surface area contributed by atoms with Crippen LogP contribution in [0.25, 0.3) is 0 Å². The highest BCUT2D eigenvalue weighted by Gasteiger charge is 2.39. The summed E-state index contributed by atoms with van der Waals surface area (Å²) < 4.78 is 0.516. The molecule has 0 unspecified atom stereocenters. The van der Waals surface area contributed by atoms with Crippen molar-refractivity contribution in [1.29, 1.82) is 0 Å². The predicted molar refractivity (Wildman–Crippen MR) is 104 cm³/mol. The van der Waals surface area contributed by atoms with Gasteiger partial charge >= 0.3 is 5.97 Å². The lowest BCUT2D eigenvalue weighted by Crippen LogP contribution is -2.51. The Balaban J connectivity index is 4.77. The summed E-state index contributed by atoms with van der Waals surface area (Å²) in [5, 5.41) is 0. The van der Waals surface area contributed by atoms with Gasteiger partial charge in [-0.1, -0.05) is 75.4 Å². The van der Waals surface area contributed by atoms with Gasteiger partial charge < -0.3 is 0 Å². The molecular formula is C21H42NO2+2. The van der Waals surface area contributed by atoms with Crippen molar-refractivity contribution < 1.29 is 14.3 Å². The fourth-order valence-electron chi connectivity index (χ4n) is 3.18. The van der Waals surface area contributed by atoms with Gasteiger partial charge in [-0.05, 0) is 19.3 Å². The van der Waals surface area contributed by atoms with Gasteiger partial charge in [0, 0.05) is 19.3 Å². The molecule has 0 atom stereocenters. The van der Waals surface area contributed by atoms with E-state index in [4.69, 9.17) is 4.84 Å². The highest BCUT2D eigenvalue weighted by molar-refractivity contribution is 5.80. The number of hydrogen-bond acceptors (Lipinski definition) is 2. The van der Waals surface area contributed by atoms with E-state index in [1.165, 1.54) is 63.9 Å². The average Bonchev–Trinajstić information content (AvgIpc) is 2.59. The van der Waals surface area contributed by atoms with Gasteiger partial charge in [0.05, 0.1) is 10.9 Å². The molecule has 0 spiro atoms. The summed E-state index contributed by atoms with van der Waals surface area (Å²) in [7, 11) is 0. The van der Waals surface area contributed by atoms with Gasteiger partial charge in [-0.15, -0.1) is 0 Å². The number of hydroxylamine groups is 3. The smallest absolute Gasteiger partial charge is 0.0853 e. The molecule has 0 aromatic carbocycles. The van der Waals surface area contributed by atoms with Crippen LogP contribution in [0, 0.1) is 0 Å². The van der Waals surface area contributed by atoms with E-state index in [1.54, 1.807) is 0 Å². The van der Waals surface area contributed by atoms with Crippen molar-refractivity contribution in [3.63, 3.8) is 0 Å². The molecular weight excluding hydrogens is 298 g/mol. The van der Waals surface area contributed by atoms with Crippen molar-refractivity contribution in [2.75, 3.05) is 19.6 Å². The van der Waals surface area contributed by atoms with Crippen molar-refractivity contribution in [2.45, 2.75) is 97.8 Å². The molecule has 24 heavy (non-hydrogen) atoms. The Bertz CT molecular complexity index is 284. The Morgan fingerprint density at radius 1 is 0.750 bits per heavy atom.